The van der Waals surface area contributed by atoms with Gasteiger partial charge in [-0.15, -0.1) is 11.3 Å². The van der Waals surface area contributed by atoms with Gasteiger partial charge in [0.2, 0.25) is 0 Å². The van der Waals surface area contributed by atoms with E-state index < -0.39 is 0 Å². The summed E-state index contributed by atoms with van der Waals surface area (Å²) >= 11 is 1.78. The molecular weight excluding hydrogens is 268 g/mol. The van der Waals surface area contributed by atoms with Gasteiger partial charge in [-0.3, -0.25) is 4.90 Å². The van der Waals surface area contributed by atoms with E-state index in [1.54, 1.807) is 11.3 Å². The molecule has 2 heterocycles. The van der Waals surface area contributed by atoms with Gasteiger partial charge in [0, 0.05) is 30.5 Å². The number of aliphatic hydroxyl groups is 1. The van der Waals surface area contributed by atoms with Crippen molar-refractivity contribution < 1.29 is 5.11 Å². The predicted octanol–water partition coefficient (Wildman–Crippen LogP) is 3.08. The molecule has 20 heavy (non-hydrogen) atoms. The Morgan fingerprint density at radius 1 is 1.50 bits per heavy atom. The number of piperidine rings is 1. The fraction of sp³-hybridized carbons (Fsp3) is 0.812. The highest BCUT2D eigenvalue weighted by Crippen LogP contribution is 2.44. The Morgan fingerprint density at radius 2 is 2.35 bits per heavy atom. The Kier molecular flexibility index (Phi) is 4.43. The van der Waals surface area contributed by atoms with Gasteiger partial charge in [0.25, 0.3) is 0 Å². The normalized spacial score (nSPS) is 27.9. The predicted molar refractivity (Wildman–Crippen MR) is 82.9 cm³/mol. The molecule has 3 rings (SSSR count). The first-order valence-electron chi connectivity index (χ1n) is 7.99. The third-order valence-corrected chi connectivity index (χ3v) is 5.82. The molecule has 0 spiro atoms. The molecule has 1 N–H and O–H groups in total. The number of aliphatic hydroxyl groups excluding tert-OH is 1. The van der Waals surface area contributed by atoms with E-state index in [2.05, 4.69) is 22.2 Å². The first-order valence-corrected chi connectivity index (χ1v) is 8.87. The van der Waals surface area contributed by atoms with Crippen LogP contribution in [0.4, 0.5) is 0 Å². The lowest BCUT2D eigenvalue weighted by atomic mass is 9.76. The third-order valence-electron chi connectivity index (χ3n) is 4.78. The molecule has 1 saturated carbocycles. The number of nitrogens with zero attached hydrogens (tertiary/aromatic N) is 2. The van der Waals surface area contributed by atoms with Crippen molar-refractivity contribution in [2.24, 2.45) is 11.3 Å². The summed E-state index contributed by atoms with van der Waals surface area (Å²) < 4.78 is 0. The minimum Gasteiger partial charge on any atom is -0.396 e. The highest BCUT2D eigenvalue weighted by molar-refractivity contribution is 7.09. The summed E-state index contributed by atoms with van der Waals surface area (Å²) in [6.45, 7) is 5.69. The molecule has 0 unspecified atom stereocenters. The van der Waals surface area contributed by atoms with Gasteiger partial charge in [-0.25, -0.2) is 4.98 Å². The van der Waals surface area contributed by atoms with Gasteiger partial charge >= 0.3 is 0 Å². The molecule has 0 aromatic carbocycles. The van der Waals surface area contributed by atoms with E-state index in [1.165, 1.54) is 42.8 Å². The highest BCUT2D eigenvalue weighted by atomic mass is 32.1. The van der Waals surface area contributed by atoms with Crippen LogP contribution in [0, 0.1) is 11.3 Å². The Bertz CT molecular complexity index is 443. The van der Waals surface area contributed by atoms with E-state index in [9.17, 15) is 5.11 Å². The van der Waals surface area contributed by atoms with E-state index in [0.29, 0.717) is 6.61 Å². The molecule has 2 aliphatic rings. The van der Waals surface area contributed by atoms with Gasteiger partial charge in [-0.05, 0) is 38.1 Å². The second-order valence-corrected chi connectivity index (χ2v) is 7.65. The van der Waals surface area contributed by atoms with Crippen molar-refractivity contribution in [1.82, 2.24) is 9.88 Å². The fourth-order valence-electron chi connectivity index (χ4n) is 3.55. The zero-order chi connectivity index (χ0) is 14.0. The molecule has 4 heteroatoms. The first-order chi connectivity index (χ1) is 9.73. The maximum absolute atomic E-state index is 9.90. The summed E-state index contributed by atoms with van der Waals surface area (Å²) in [7, 11) is 0. The van der Waals surface area contributed by atoms with Crippen LogP contribution in [0.2, 0.25) is 0 Å². The average Bonchev–Trinajstić information content (AvgIpc) is 3.15. The molecule has 1 aromatic rings. The molecule has 1 aliphatic heterocycles. The van der Waals surface area contributed by atoms with Crippen LogP contribution in [0.1, 0.15) is 49.7 Å². The van der Waals surface area contributed by atoms with E-state index in [0.717, 1.165) is 32.0 Å². The summed E-state index contributed by atoms with van der Waals surface area (Å²) in [6, 6.07) is 0. The number of aryl methyl sites for hydroxylation is 1. The second kappa shape index (κ2) is 6.12. The zero-order valence-corrected chi connectivity index (χ0v) is 13.3. The molecule has 2 fully saturated rings. The Balaban J connectivity index is 1.61. The van der Waals surface area contributed by atoms with Crippen LogP contribution in [0.5, 0.6) is 0 Å². The molecule has 0 bridgehead atoms. The van der Waals surface area contributed by atoms with Gasteiger partial charge < -0.3 is 5.11 Å². The Morgan fingerprint density at radius 3 is 3.00 bits per heavy atom. The molecule has 3 nitrogen and oxygen atoms in total. The monoisotopic (exact) mass is 294 g/mol. The molecule has 0 amide bonds. The number of aromatic nitrogens is 1. The molecule has 1 atom stereocenters. The average molecular weight is 294 g/mol. The minimum absolute atomic E-state index is 0.170. The molecular formula is C16H26N2OS. The Labute approximate surface area is 126 Å². The van der Waals surface area contributed by atoms with Crippen molar-refractivity contribution in [1.29, 1.82) is 0 Å². The SMILES string of the molecule is CCc1nc(CN2CCC[C@](CO)(CC3CC3)C2)cs1. The number of rotatable bonds is 6. The van der Waals surface area contributed by atoms with Gasteiger partial charge in [0.05, 0.1) is 10.7 Å². The lowest BCUT2D eigenvalue weighted by molar-refractivity contribution is 0.0176. The fourth-order valence-corrected chi connectivity index (χ4v) is 4.29. The van der Waals surface area contributed by atoms with E-state index >= 15 is 0 Å². The van der Waals surface area contributed by atoms with Crippen LogP contribution in [0.15, 0.2) is 5.38 Å². The maximum Gasteiger partial charge on any atom is 0.0926 e. The largest absolute Gasteiger partial charge is 0.396 e. The van der Waals surface area contributed by atoms with Crippen molar-refractivity contribution in [2.75, 3.05) is 19.7 Å². The summed E-state index contributed by atoms with van der Waals surface area (Å²) in [5.41, 5.74) is 1.38. The van der Waals surface area contributed by atoms with Crippen LogP contribution in [-0.2, 0) is 13.0 Å². The van der Waals surface area contributed by atoms with Crippen molar-refractivity contribution in [3.8, 4) is 0 Å². The van der Waals surface area contributed by atoms with Crippen LogP contribution in [-0.4, -0.2) is 34.7 Å². The number of likely N-dealkylation sites (tertiary alicyclic amines) is 1. The maximum atomic E-state index is 9.90. The Hall–Kier alpha value is -0.450. The van der Waals surface area contributed by atoms with Crippen molar-refractivity contribution in [2.45, 2.75) is 52.0 Å². The van der Waals surface area contributed by atoms with Crippen molar-refractivity contribution in [3.63, 3.8) is 0 Å². The lowest BCUT2D eigenvalue weighted by Crippen LogP contribution is -2.45. The molecule has 1 aliphatic carbocycles. The van der Waals surface area contributed by atoms with Gasteiger partial charge in [-0.2, -0.15) is 0 Å². The number of hydrogen-bond acceptors (Lipinski definition) is 4. The van der Waals surface area contributed by atoms with Crippen molar-refractivity contribution in [3.05, 3.63) is 16.1 Å². The third kappa shape index (κ3) is 3.41. The highest BCUT2D eigenvalue weighted by Gasteiger charge is 2.39. The van der Waals surface area contributed by atoms with Gasteiger partial charge in [-0.1, -0.05) is 19.8 Å². The van der Waals surface area contributed by atoms with Crippen LogP contribution < -0.4 is 0 Å². The summed E-state index contributed by atoms with van der Waals surface area (Å²) in [5, 5.41) is 13.3. The second-order valence-electron chi connectivity index (χ2n) is 6.71. The van der Waals surface area contributed by atoms with E-state index in [-0.39, 0.29) is 5.41 Å². The van der Waals surface area contributed by atoms with Crippen LogP contribution in [0.3, 0.4) is 0 Å². The van der Waals surface area contributed by atoms with Gasteiger partial charge in [0.1, 0.15) is 0 Å². The van der Waals surface area contributed by atoms with Crippen molar-refractivity contribution >= 4 is 11.3 Å². The first kappa shape index (κ1) is 14.5. The smallest absolute Gasteiger partial charge is 0.0926 e. The van der Waals surface area contributed by atoms with Crippen LogP contribution in [0.25, 0.3) is 0 Å². The molecule has 0 radical (unpaired) electrons. The van der Waals surface area contributed by atoms with E-state index in [4.69, 9.17) is 0 Å². The zero-order valence-electron chi connectivity index (χ0n) is 12.5. The molecule has 1 saturated heterocycles. The number of hydrogen-bond donors (Lipinski definition) is 1. The summed E-state index contributed by atoms with van der Waals surface area (Å²) in [5.74, 6) is 0.896. The minimum atomic E-state index is 0.170. The lowest BCUT2D eigenvalue weighted by Gasteiger charge is -2.42. The standard InChI is InChI=1S/C16H26N2OS/c1-2-15-17-14(10-20-15)9-18-7-3-6-16(11-18,12-19)8-13-4-5-13/h10,13,19H,2-9,11-12H2,1H3/t16-/m0/s1. The van der Waals surface area contributed by atoms with Crippen LogP contribution >= 0.6 is 11.3 Å². The summed E-state index contributed by atoms with van der Waals surface area (Å²) in [6.07, 6.45) is 7.46. The molecule has 1 aromatic heterocycles. The number of thiazole rings is 1. The quantitative estimate of drug-likeness (QED) is 0.876. The van der Waals surface area contributed by atoms with Gasteiger partial charge in [0.15, 0.2) is 0 Å². The summed E-state index contributed by atoms with van der Waals surface area (Å²) in [4.78, 5) is 7.19. The van der Waals surface area contributed by atoms with E-state index in [1.807, 2.05) is 0 Å². The topological polar surface area (TPSA) is 36.4 Å². The molecule has 112 valence electrons.